The van der Waals surface area contributed by atoms with Crippen LogP contribution in [0.25, 0.3) is 0 Å². The number of nitrogens with zero attached hydrogens (tertiary/aromatic N) is 1. The quantitative estimate of drug-likeness (QED) is 0.903. The summed E-state index contributed by atoms with van der Waals surface area (Å²) in [6.07, 6.45) is 2.26. The maximum atomic E-state index is 3.35. The topological polar surface area (TPSA) is 15.3 Å². The Morgan fingerprint density at radius 2 is 1.90 bits per heavy atom. The minimum Gasteiger partial charge on any atom is -0.366 e. The molecule has 110 valence electrons. The molecule has 21 heavy (non-hydrogen) atoms. The lowest BCUT2D eigenvalue weighted by molar-refractivity contribution is 0.608. The van der Waals surface area contributed by atoms with Crippen molar-refractivity contribution in [1.82, 2.24) is 5.32 Å². The molecule has 1 aliphatic heterocycles. The van der Waals surface area contributed by atoms with Crippen molar-refractivity contribution in [3.63, 3.8) is 0 Å². The van der Waals surface area contributed by atoms with Gasteiger partial charge in [0, 0.05) is 24.8 Å². The Bertz CT molecular complexity index is 592. The molecule has 2 aromatic carbocycles. The van der Waals surface area contributed by atoms with Crippen LogP contribution >= 0.6 is 0 Å². The number of hydrogen-bond donors (Lipinski definition) is 1. The largest absolute Gasteiger partial charge is 0.366 e. The molecular weight excluding hydrogens is 256 g/mol. The maximum absolute atomic E-state index is 3.35. The van der Waals surface area contributed by atoms with Crippen LogP contribution in [-0.4, -0.2) is 19.6 Å². The first kappa shape index (κ1) is 14.2. The second-order valence-electron chi connectivity index (χ2n) is 5.98. The Labute approximate surface area is 127 Å². The summed E-state index contributed by atoms with van der Waals surface area (Å²) in [4.78, 5) is 2.54. The third kappa shape index (κ3) is 3.11. The summed E-state index contributed by atoms with van der Waals surface area (Å²) in [7, 11) is 2.04. The van der Waals surface area contributed by atoms with Crippen LogP contribution in [0.1, 0.15) is 23.6 Å². The van der Waals surface area contributed by atoms with Gasteiger partial charge in [0.05, 0.1) is 0 Å². The summed E-state index contributed by atoms with van der Waals surface area (Å²) in [5.74, 6) is 0. The van der Waals surface area contributed by atoms with Gasteiger partial charge in [-0.1, -0.05) is 48.5 Å². The fraction of sp³-hybridized carbons (Fsp3) is 0.368. The third-order valence-corrected chi connectivity index (χ3v) is 4.41. The third-order valence-electron chi connectivity index (χ3n) is 4.41. The number of fused-ring (bicyclic) bond motifs is 1. The van der Waals surface area contributed by atoms with Gasteiger partial charge in [-0.2, -0.15) is 0 Å². The average molecular weight is 280 g/mol. The first-order chi connectivity index (χ1) is 10.3. The molecule has 1 aliphatic rings. The molecule has 3 rings (SSSR count). The van der Waals surface area contributed by atoms with E-state index in [-0.39, 0.29) is 0 Å². The lowest BCUT2D eigenvalue weighted by Gasteiger charge is -2.23. The molecule has 2 heteroatoms. The van der Waals surface area contributed by atoms with Crippen molar-refractivity contribution in [3.8, 4) is 0 Å². The summed E-state index contributed by atoms with van der Waals surface area (Å²) >= 11 is 0. The zero-order chi connectivity index (χ0) is 14.7. The van der Waals surface area contributed by atoms with Gasteiger partial charge in [-0.15, -0.1) is 0 Å². The van der Waals surface area contributed by atoms with Crippen molar-refractivity contribution in [1.29, 1.82) is 0 Å². The lowest BCUT2D eigenvalue weighted by atomic mass is 10.0. The summed E-state index contributed by atoms with van der Waals surface area (Å²) in [5, 5.41) is 3.35. The molecule has 0 aromatic heterocycles. The minimum absolute atomic E-state index is 0.510. The van der Waals surface area contributed by atoms with Crippen molar-refractivity contribution < 1.29 is 0 Å². The average Bonchev–Trinajstić information content (AvgIpc) is 2.92. The van der Waals surface area contributed by atoms with Gasteiger partial charge in [0.1, 0.15) is 0 Å². The standard InChI is InChI=1S/C19H24N2/c1-15(20-2)13-18-10-6-9-17-11-12-21(19(17)18)14-16-7-4-3-5-8-16/h3-10,15,20H,11-14H2,1-2H3. The van der Waals surface area contributed by atoms with E-state index in [2.05, 4.69) is 65.7 Å². The van der Waals surface area contributed by atoms with Crippen LogP contribution in [0.4, 0.5) is 5.69 Å². The van der Waals surface area contributed by atoms with Crippen molar-refractivity contribution >= 4 is 5.69 Å². The molecule has 2 aromatic rings. The minimum atomic E-state index is 0.510. The summed E-state index contributed by atoms with van der Waals surface area (Å²) < 4.78 is 0. The highest BCUT2D eigenvalue weighted by Crippen LogP contribution is 2.33. The molecule has 0 aliphatic carbocycles. The number of para-hydroxylation sites is 1. The maximum Gasteiger partial charge on any atom is 0.0435 e. The van der Waals surface area contributed by atoms with Crippen LogP contribution < -0.4 is 10.2 Å². The zero-order valence-corrected chi connectivity index (χ0v) is 13.0. The van der Waals surface area contributed by atoms with E-state index in [0.29, 0.717) is 6.04 Å². The molecular formula is C19H24N2. The highest BCUT2D eigenvalue weighted by Gasteiger charge is 2.22. The Kier molecular flexibility index (Phi) is 4.26. The highest BCUT2D eigenvalue weighted by atomic mass is 15.1. The Morgan fingerprint density at radius 3 is 2.67 bits per heavy atom. The van der Waals surface area contributed by atoms with Gasteiger partial charge in [0.2, 0.25) is 0 Å². The molecule has 1 atom stereocenters. The molecule has 1 heterocycles. The van der Waals surface area contributed by atoms with E-state index in [1.165, 1.54) is 28.8 Å². The normalized spacial score (nSPS) is 15.0. The second-order valence-corrected chi connectivity index (χ2v) is 5.98. The number of benzene rings is 2. The molecule has 0 radical (unpaired) electrons. The van der Waals surface area contributed by atoms with Crippen LogP contribution in [-0.2, 0) is 19.4 Å². The number of nitrogens with one attached hydrogen (secondary N) is 1. The highest BCUT2D eigenvalue weighted by molar-refractivity contribution is 5.63. The van der Waals surface area contributed by atoms with Crippen LogP contribution in [0.5, 0.6) is 0 Å². The SMILES string of the molecule is CNC(C)Cc1cccc2c1N(Cc1ccccc1)CC2. The molecule has 2 nitrogen and oxygen atoms in total. The van der Waals surface area contributed by atoms with Crippen molar-refractivity contribution in [2.45, 2.75) is 32.4 Å². The van der Waals surface area contributed by atoms with Gasteiger partial charge in [0.25, 0.3) is 0 Å². The summed E-state index contributed by atoms with van der Waals surface area (Å²) in [6, 6.07) is 18.1. The molecule has 0 fully saturated rings. The van der Waals surface area contributed by atoms with Gasteiger partial charge in [-0.25, -0.2) is 0 Å². The molecule has 0 saturated carbocycles. The molecule has 0 spiro atoms. The number of anilines is 1. The Morgan fingerprint density at radius 1 is 1.10 bits per heavy atom. The number of rotatable bonds is 5. The summed E-state index contributed by atoms with van der Waals surface area (Å²) in [6.45, 7) is 4.39. The predicted molar refractivity (Wildman–Crippen MR) is 89.9 cm³/mol. The van der Waals surface area contributed by atoms with Crippen molar-refractivity contribution in [2.24, 2.45) is 0 Å². The van der Waals surface area contributed by atoms with E-state index < -0.39 is 0 Å². The van der Waals surface area contributed by atoms with E-state index in [1.807, 2.05) is 7.05 Å². The second kappa shape index (κ2) is 6.31. The first-order valence-electron chi connectivity index (χ1n) is 7.85. The van der Waals surface area contributed by atoms with Crippen LogP contribution in [0.15, 0.2) is 48.5 Å². The van der Waals surface area contributed by atoms with E-state index in [0.717, 1.165) is 19.5 Å². The van der Waals surface area contributed by atoms with E-state index >= 15 is 0 Å². The van der Waals surface area contributed by atoms with Gasteiger partial charge < -0.3 is 10.2 Å². The van der Waals surface area contributed by atoms with E-state index in [4.69, 9.17) is 0 Å². The Hall–Kier alpha value is -1.80. The Balaban J connectivity index is 1.86. The fourth-order valence-corrected chi connectivity index (χ4v) is 3.18. The molecule has 1 N–H and O–H groups in total. The molecule has 0 amide bonds. The predicted octanol–water partition coefficient (Wildman–Crippen LogP) is 3.40. The van der Waals surface area contributed by atoms with Crippen LogP contribution in [0.3, 0.4) is 0 Å². The molecule has 1 unspecified atom stereocenters. The van der Waals surface area contributed by atoms with Crippen molar-refractivity contribution in [3.05, 3.63) is 65.2 Å². The molecule has 0 bridgehead atoms. The van der Waals surface area contributed by atoms with E-state index in [9.17, 15) is 0 Å². The monoisotopic (exact) mass is 280 g/mol. The first-order valence-corrected chi connectivity index (χ1v) is 7.85. The van der Waals surface area contributed by atoms with Crippen LogP contribution in [0, 0.1) is 0 Å². The molecule has 0 saturated heterocycles. The summed E-state index contributed by atoms with van der Waals surface area (Å²) in [5.41, 5.74) is 5.85. The number of likely N-dealkylation sites (N-methyl/N-ethyl adjacent to an activating group) is 1. The van der Waals surface area contributed by atoms with Gasteiger partial charge in [-0.05, 0) is 43.5 Å². The van der Waals surface area contributed by atoms with Gasteiger partial charge >= 0.3 is 0 Å². The van der Waals surface area contributed by atoms with Crippen molar-refractivity contribution in [2.75, 3.05) is 18.5 Å². The number of hydrogen-bond acceptors (Lipinski definition) is 2. The van der Waals surface area contributed by atoms with Gasteiger partial charge in [-0.3, -0.25) is 0 Å². The van der Waals surface area contributed by atoms with E-state index in [1.54, 1.807) is 0 Å². The zero-order valence-electron chi connectivity index (χ0n) is 13.0. The lowest BCUT2D eigenvalue weighted by Crippen LogP contribution is -2.26. The smallest absolute Gasteiger partial charge is 0.0435 e. The van der Waals surface area contributed by atoms with Crippen LogP contribution in [0.2, 0.25) is 0 Å². The van der Waals surface area contributed by atoms with Gasteiger partial charge in [0.15, 0.2) is 0 Å². The fourth-order valence-electron chi connectivity index (χ4n) is 3.18.